The standard InChI is InChI=1S/C16H26N2O2S/c1-3-15(10-17)21(19,20)18-11(2)16-7-12-4-13(8-16)6-14(5-12)9-16/h11-15,18H,3-9H2,1-2H3. The van der Waals surface area contributed by atoms with Gasteiger partial charge in [0.25, 0.3) is 0 Å². The van der Waals surface area contributed by atoms with E-state index in [1.165, 1.54) is 38.5 Å². The minimum atomic E-state index is -3.53. The quantitative estimate of drug-likeness (QED) is 0.849. The Morgan fingerprint density at radius 3 is 2.05 bits per heavy atom. The minimum Gasteiger partial charge on any atom is -0.211 e. The van der Waals surface area contributed by atoms with Gasteiger partial charge in [0.1, 0.15) is 0 Å². The van der Waals surface area contributed by atoms with Crippen LogP contribution in [0.4, 0.5) is 0 Å². The Kier molecular flexibility index (Phi) is 3.82. The summed E-state index contributed by atoms with van der Waals surface area (Å²) in [6.45, 7) is 3.78. The Hall–Kier alpha value is -0.600. The molecule has 4 aliphatic carbocycles. The predicted octanol–water partition coefficient (Wildman–Crippen LogP) is 2.81. The fraction of sp³-hybridized carbons (Fsp3) is 0.938. The Labute approximate surface area is 128 Å². The molecule has 2 unspecified atom stereocenters. The molecule has 0 heterocycles. The lowest BCUT2D eigenvalue weighted by molar-refractivity contribution is -0.0666. The van der Waals surface area contributed by atoms with Crippen molar-refractivity contribution in [2.45, 2.75) is 70.1 Å². The smallest absolute Gasteiger partial charge is 0.211 e. The first-order valence-corrected chi connectivity index (χ1v) is 9.84. The minimum absolute atomic E-state index is 0.0432. The normalized spacial score (nSPS) is 40.7. The third-order valence-electron chi connectivity index (χ3n) is 6.23. The molecular formula is C16H26N2O2S. The highest BCUT2D eigenvalue weighted by molar-refractivity contribution is 7.90. The van der Waals surface area contributed by atoms with Gasteiger partial charge in [0, 0.05) is 6.04 Å². The molecule has 4 aliphatic rings. The van der Waals surface area contributed by atoms with Crippen LogP contribution in [-0.2, 0) is 10.0 Å². The van der Waals surface area contributed by atoms with Gasteiger partial charge in [0.15, 0.2) is 5.25 Å². The lowest BCUT2D eigenvalue weighted by Crippen LogP contribution is -2.56. The van der Waals surface area contributed by atoms with Gasteiger partial charge < -0.3 is 0 Å². The summed E-state index contributed by atoms with van der Waals surface area (Å²) in [5.74, 6) is 2.42. The third-order valence-corrected chi connectivity index (χ3v) is 8.10. The van der Waals surface area contributed by atoms with E-state index in [0.717, 1.165) is 17.8 Å². The summed E-state index contributed by atoms with van der Waals surface area (Å²) in [4.78, 5) is 0. The van der Waals surface area contributed by atoms with Gasteiger partial charge in [-0.25, -0.2) is 13.1 Å². The number of hydrogen-bond acceptors (Lipinski definition) is 3. The van der Waals surface area contributed by atoms with Crippen molar-refractivity contribution in [2.75, 3.05) is 0 Å². The molecule has 0 spiro atoms. The fourth-order valence-electron chi connectivity index (χ4n) is 5.54. The predicted molar refractivity (Wildman–Crippen MR) is 81.8 cm³/mol. The van der Waals surface area contributed by atoms with Crippen molar-refractivity contribution in [3.05, 3.63) is 0 Å². The maximum absolute atomic E-state index is 12.4. The summed E-state index contributed by atoms with van der Waals surface area (Å²) < 4.78 is 27.6. The van der Waals surface area contributed by atoms with Crippen LogP contribution in [-0.4, -0.2) is 19.7 Å². The molecule has 0 aromatic heterocycles. The molecule has 4 nitrogen and oxygen atoms in total. The summed E-state index contributed by atoms with van der Waals surface area (Å²) in [5.41, 5.74) is 0.148. The van der Waals surface area contributed by atoms with Gasteiger partial charge in [-0.1, -0.05) is 6.92 Å². The molecular weight excluding hydrogens is 284 g/mol. The molecule has 2 atom stereocenters. The van der Waals surface area contributed by atoms with Crippen molar-refractivity contribution in [2.24, 2.45) is 23.2 Å². The van der Waals surface area contributed by atoms with Crippen LogP contribution in [0.1, 0.15) is 58.8 Å². The van der Waals surface area contributed by atoms with Gasteiger partial charge in [-0.05, 0) is 75.0 Å². The van der Waals surface area contributed by atoms with Crippen molar-refractivity contribution in [3.8, 4) is 6.07 Å². The number of rotatable bonds is 5. The van der Waals surface area contributed by atoms with Crippen LogP contribution in [0.15, 0.2) is 0 Å². The number of nitriles is 1. The lowest BCUT2D eigenvalue weighted by Gasteiger charge is -2.59. The second-order valence-electron chi connectivity index (χ2n) is 7.69. The Morgan fingerprint density at radius 1 is 1.19 bits per heavy atom. The van der Waals surface area contributed by atoms with Crippen molar-refractivity contribution < 1.29 is 8.42 Å². The zero-order chi connectivity index (χ0) is 15.3. The second kappa shape index (κ2) is 5.24. The van der Waals surface area contributed by atoms with E-state index in [1.807, 2.05) is 13.0 Å². The summed E-state index contributed by atoms with van der Waals surface area (Å²) in [5, 5.41) is 8.12. The van der Waals surface area contributed by atoms with Crippen LogP contribution >= 0.6 is 0 Å². The lowest BCUT2D eigenvalue weighted by atomic mass is 9.48. The van der Waals surface area contributed by atoms with Gasteiger partial charge >= 0.3 is 0 Å². The molecule has 4 fully saturated rings. The number of sulfonamides is 1. The third kappa shape index (κ3) is 2.61. The zero-order valence-corrected chi connectivity index (χ0v) is 13.8. The maximum atomic E-state index is 12.4. The molecule has 0 saturated heterocycles. The van der Waals surface area contributed by atoms with E-state index in [0.29, 0.717) is 6.42 Å². The Morgan fingerprint density at radius 2 is 1.67 bits per heavy atom. The molecule has 118 valence electrons. The summed E-state index contributed by atoms with van der Waals surface area (Å²) in [6.07, 6.45) is 7.93. The molecule has 21 heavy (non-hydrogen) atoms. The molecule has 0 aromatic carbocycles. The monoisotopic (exact) mass is 310 g/mol. The highest BCUT2D eigenvalue weighted by atomic mass is 32.2. The molecule has 4 bridgehead atoms. The molecule has 0 aliphatic heterocycles. The van der Waals surface area contributed by atoms with E-state index in [9.17, 15) is 8.42 Å². The van der Waals surface area contributed by atoms with Crippen molar-refractivity contribution in [1.82, 2.24) is 4.72 Å². The SMILES string of the molecule is CCC(C#N)S(=O)(=O)NC(C)C12CC3CC(CC(C3)C1)C2. The summed E-state index contributed by atoms with van der Waals surface area (Å²) in [6, 6.07) is 1.88. The first-order valence-electron chi connectivity index (χ1n) is 8.29. The highest BCUT2D eigenvalue weighted by Crippen LogP contribution is 2.61. The molecule has 4 rings (SSSR count). The van der Waals surface area contributed by atoms with Crippen LogP contribution < -0.4 is 4.72 Å². The largest absolute Gasteiger partial charge is 0.228 e. The number of hydrogen-bond donors (Lipinski definition) is 1. The maximum Gasteiger partial charge on any atom is 0.228 e. The second-order valence-corrected chi connectivity index (χ2v) is 9.59. The van der Waals surface area contributed by atoms with Crippen LogP contribution in [0.3, 0.4) is 0 Å². The highest BCUT2D eigenvalue weighted by Gasteiger charge is 2.53. The Balaban J connectivity index is 1.77. The Bertz CT molecular complexity index is 514. The van der Waals surface area contributed by atoms with E-state index in [4.69, 9.17) is 5.26 Å². The van der Waals surface area contributed by atoms with E-state index < -0.39 is 15.3 Å². The van der Waals surface area contributed by atoms with Gasteiger partial charge in [-0.15, -0.1) is 0 Å². The van der Waals surface area contributed by atoms with E-state index in [1.54, 1.807) is 6.92 Å². The summed E-state index contributed by atoms with van der Waals surface area (Å²) in [7, 11) is -3.53. The van der Waals surface area contributed by atoms with Crippen molar-refractivity contribution >= 4 is 10.0 Å². The zero-order valence-electron chi connectivity index (χ0n) is 13.0. The van der Waals surface area contributed by atoms with Crippen LogP contribution in [0, 0.1) is 34.5 Å². The van der Waals surface area contributed by atoms with Crippen molar-refractivity contribution in [1.29, 1.82) is 5.26 Å². The molecule has 5 heteroatoms. The van der Waals surface area contributed by atoms with Crippen LogP contribution in [0.25, 0.3) is 0 Å². The topological polar surface area (TPSA) is 70.0 Å². The first-order chi connectivity index (χ1) is 9.88. The van der Waals surface area contributed by atoms with Gasteiger partial charge in [-0.3, -0.25) is 0 Å². The van der Waals surface area contributed by atoms with E-state index in [2.05, 4.69) is 4.72 Å². The molecule has 1 N–H and O–H groups in total. The average Bonchev–Trinajstić information content (AvgIpc) is 2.37. The first kappa shape index (κ1) is 15.3. The fourth-order valence-corrected chi connectivity index (χ4v) is 7.03. The molecule has 0 radical (unpaired) electrons. The molecule has 0 aromatic rings. The summed E-state index contributed by atoms with van der Waals surface area (Å²) >= 11 is 0. The van der Waals surface area contributed by atoms with E-state index >= 15 is 0 Å². The van der Waals surface area contributed by atoms with Crippen molar-refractivity contribution in [3.63, 3.8) is 0 Å². The van der Waals surface area contributed by atoms with Gasteiger partial charge in [-0.2, -0.15) is 5.26 Å². The van der Waals surface area contributed by atoms with Crippen LogP contribution in [0.5, 0.6) is 0 Å². The van der Waals surface area contributed by atoms with Crippen LogP contribution in [0.2, 0.25) is 0 Å². The molecule has 0 amide bonds. The molecule has 4 saturated carbocycles. The average molecular weight is 310 g/mol. The number of nitrogens with zero attached hydrogens (tertiary/aromatic N) is 1. The number of nitrogens with one attached hydrogen (secondary N) is 1. The van der Waals surface area contributed by atoms with Gasteiger partial charge in [0.05, 0.1) is 6.07 Å². The van der Waals surface area contributed by atoms with E-state index in [-0.39, 0.29) is 11.5 Å². The van der Waals surface area contributed by atoms with Gasteiger partial charge in [0.2, 0.25) is 10.0 Å².